The van der Waals surface area contributed by atoms with Gasteiger partial charge in [0.05, 0.1) is 41.0 Å². The fourth-order valence-electron chi connectivity index (χ4n) is 7.40. The van der Waals surface area contributed by atoms with Gasteiger partial charge in [-0.25, -0.2) is 0 Å². The van der Waals surface area contributed by atoms with Crippen LogP contribution in [0.4, 0.5) is 0 Å². The zero-order valence-corrected chi connectivity index (χ0v) is 45.2. The quantitative estimate of drug-likeness (QED) is 0.0141. The van der Waals surface area contributed by atoms with Gasteiger partial charge in [0.25, 0.3) is 7.82 Å². The summed E-state index contributed by atoms with van der Waals surface area (Å²) in [6, 6.07) is 0. The number of phosphoric acid groups is 1. The zero-order valence-electron chi connectivity index (χ0n) is 41.0. The molecule has 0 saturated carbocycles. The lowest BCUT2D eigenvalue weighted by molar-refractivity contribution is -0.870. The van der Waals surface area contributed by atoms with Crippen LogP contribution in [0.3, 0.4) is 0 Å². The molecule has 0 aliphatic carbocycles. The number of ether oxygens (including phenoxy) is 4. The van der Waals surface area contributed by atoms with Gasteiger partial charge in [0.2, 0.25) is 0 Å². The summed E-state index contributed by atoms with van der Waals surface area (Å²) in [4.78, 5) is 61.7. The Kier molecular flexibility index (Phi) is 37.3. The zero-order chi connectivity index (χ0) is 48.0. The lowest BCUT2D eigenvalue weighted by Gasteiger charge is -2.28. The van der Waals surface area contributed by atoms with Crippen molar-refractivity contribution in [2.45, 2.75) is 209 Å². The molecule has 66 heavy (non-hydrogen) atoms. The summed E-state index contributed by atoms with van der Waals surface area (Å²) in [6.45, 7) is 0.600. The van der Waals surface area contributed by atoms with E-state index in [0.29, 0.717) is 49.9 Å². The third-order valence-electron chi connectivity index (χ3n) is 11.5. The Morgan fingerprint density at radius 1 is 0.515 bits per heavy atom. The van der Waals surface area contributed by atoms with Crippen LogP contribution in [0.1, 0.15) is 193 Å². The van der Waals surface area contributed by atoms with E-state index in [0.717, 1.165) is 139 Å². The van der Waals surface area contributed by atoms with Gasteiger partial charge in [-0.15, -0.1) is 0 Å². The van der Waals surface area contributed by atoms with Crippen LogP contribution in [0.15, 0.2) is 0 Å². The predicted molar refractivity (Wildman–Crippen MR) is 271 cm³/mol. The molecule has 2 heterocycles. The van der Waals surface area contributed by atoms with E-state index in [1.165, 1.54) is 37.2 Å². The first kappa shape index (κ1) is 61.5. The van der Waals surface area contributed by atoms with Gasteiger partial charge in [-0.2, -0.15) is 0 Å². The van der Waals surface area contributed by atoms with Gasteiger partial charge in [0, 0.05) is 47.7 Å². The lowest BCUT2D eigenvalue weighted by Crippen LogP contribution is -2.37. The lowest BCUT2D eigenvalue weighted by atomic mass is 10.1. The molecular formula is C48H88NO12PS4. The van der Waals surface area contributed by atoms with Crippen molar-refractivity contribution in [3.8, 4) is 0 Å². The molecule has 13 nitrogen and oxygen atoms in total. The van der Waals surface area contributed by atoms with Crippen LogP contribution in [0.2, 0.25) is 0 Å². The molecule has 0 aromatic carbocycles. The number of hydrogen-bond donors (Lipinski definition) is 0. The fourth-order valence-corrected chi connectivity index (χ4v) is 14.2. The summed E-state index contributed by atoms with van der Waals surface area (Å²) >= 11 is 0. The number of unbranched alkanes of at least 4 members (excludes halogenated alkanes) is 18. The van der Waals surface area contributed by atoms with Crippen LogP contribution in [0.5, 0.6) is 0 Å². The van der Waals surface area contributed by atoms with Crippen LogP contribution < -0.4 is 4.89 Å². The highest BCUT2D eigenvalue weighted by molar-refractivity contribution is 8.77. The number of carbonyl (C=O) groups excluding carboxylic acids is 4. The summed E-state index contributed by atoms with van der Waals surface area (Å²) in [5.41, 5.74) is 0. The van der Waals surface area contributed by atoms with Crippen LogP contribution in [0.25, 0.3) is 0 Å². The molecule has 18 heteroatoms. The maximum Gasteiger partial charge on any atom is 0.306 e. The minimum atomic E-state index is -4.67. The van der Waals surface area contributed by atoms with E-state index in [2.05, 4.69) is 0 Å². The van der Waals surface area contributed by atoms with Gasteiger partial charge in [-0.3, -0.25) is 23.7 Å². The van der Waals surface area contributed by atoms with E-state index < -0.39 is 32.5 Å². The molecule has 3 unspecified atom stereocenters. The highest BCUT2D eigenvalue weighted by Crippen LogP contribution is 2.41. The molecule has 0 amide bonds. The van der Waals surface area contributed by atoms with Gasteiger partial charge in [-0.1, -0.05) is 146 Å². The Morgan fingerprint density at radius 2 is 0.909 bits per heavy atom. The highest BCUT2D eigenvalue weighted by Gasteiger charge is 2.22. The number of hydrogen-bond acceptors (Lipinski definition) is 16. The van der Waals surface area contributed by atoms with Crippen LogP contribution in [-0.4, -0.2) is 117 Å². The van der Waals surface area contributed by atoms with Crippen molar-refractivity contribution in [1.29, 1.82) is 0 Å². The van der Waals surface area contributed by atoms with Crippen LogP contribution in [0, 0.1) is 0 Å². The van der Waals surface area contributed by atoms with Crippen molar-refractivity contribution in [1.82, 2.24) is 0 Å². The molecule has 4 atom stereocenters. The molecule has 2 fully saturated rings. The van der Waals surface area contributed by atoms with Gasteiger partial charge < -0.3 is 37.4 Å². The SMILES string of the molecule is C[N+](C)(C)CCOP(=O)([O-])OC[C@@H](COC(=O)CCCCCCCCCCCOC(=O)CCCCC1CCSS1)OC(=O)CCCCCCCCCCCOC(=O)CCCCC1CCSS1. The number of phosphoric ester groups is 1. The number of nitrogens with zero attached hydrogens (tertiary/aromatic N) is 1. The number of carbonyl (C=O) groups is 4. The number of esters is 4. The van der Waals surface area contributed by atoms with Gasteiger partial charge in [-0.05, 0) is 64.2 Å². The van der Waals surface area contributed by atoms with E-state index in [4.69, 9.17) is 28.0 Å². The standard InChI is InChI=1S/C48H88NO12PS4/c1-49(2,3)34-37-59-62(54,55)60-41-42(61-48(53)31-19-15-11-7-5-9-13-17-25-36-57-46(51)30-23-21-27-44-33-39-64-66-44)40-58-47(52)28-18-14-10-6-4-8-12-16-24-35-56-45(50)29-22-20-26-43-32-38-63-65-43/h42-44H,4-41H2,1-3H3/t42-,43?,44?/m1/s1. The second-order valence-electron chi connectivity index (χ2n) is 18.8. The summed E-state index contributed by atoms with van der Waals surface area (Å²) in [5, 5.41) is 1.52. The fraction of sp³-hybridized carbons (Fsp3) is 0.917. The maximum absolute atomic E-state index is 12.8. The molecule has 2 aliphatic rings. The molecule has 2 rings (SSSR count). The van der Waals surface area contributed by atoms with Crippen molar-refractivity contribution in [2.24, 2.45) is 0 Å². The van der Waals surface area contributed by atoms with E-state index in [9.17, 15) is 28.6 Å². The molecule has 0 aromatic heterocycles. The minimum Gasteiger partial charge on any atom is -0.756 e. The molecule has 386 valence electrons. The summed E-state index contributed by atoms with van der Waals surface area (Å²) in [6.07, 6.45) is 27.3. The Hall–Kier alpha value is -0.650. The summed E-state index contributed by atoms with van der Waals surface area (Å²) in [5.74, 6) is 1.44. The topological polar surface area (TPSA) is 164 Å². The van der Waals surface area contributed by atoms with Crippen LogP contribution in [-0.2, 0) is 51.7 Å². The Morgan fingerprint density at radius 3 is 1.33 bits per heavy atom. The van der Waals surface area contributed by atoms with E-state index in [1.807, 2.05) is 64.3 Å². The molecule has 0 aromatic rings. The summed E-state index contributed by atoms with van der Waals surface area (Å²) in [7, 11) is 8.98. The average Bonchev–Trinajstić information content (AvgIpc) is 4.00. The van der Waals surface area contributed by atoms with Gasteiger partial charge >= 0.3 is 23.9 Å². The largest absolute Gasteiger partial charge is 0.756 e. The molecular weight excluding hydrogens is 942 g/mol. The average molecular weight is 1030 g/mol. The van der Waals surface area contributed by atoms with Crippen LogP contribution >= 0.6 is 51.0 Å². The first-order valence-electron chi connectivity index (χ1n) is 25.4. The van der Waals surface area contributed by atoms with Gasteiger partial charge in [0.1, 0.15) is 19.8 Å². The van der Waals surface area contributed by atoms with E-state index in [-0.39, 0.29) is 38.0 Å². The monoisotopic (exact) mass is 1030 g/mol. The molecule has 2 saturated heterocycles. The van der Waals surface area contributed by atoms with E-state index in [1.54, 1.807) is 0 Å². The number of likely N-dealkylation sites (N-methyl/N-ethyl adjacent to an activating group) is 1. The van der Waals surface area contributed by atoms with Crippen molar-refractivity contribution in [3.63, 3.8) is 0 Å². The van der Waals surface area contributed by atoms with Crippen molar-refractivity contribution >= 4 is 74.9 Å². The second kappa shape index (κ2) is 40.0. The van der Waals surface area contributed by atoms with Crippen molar-refractivity contribution < 1.29 is 61.1 Å². The molecule has 2 aliphatic heterocycles. The minimum absolute atomic E-state index is 0.0573. The third-order valence-corrected chi connectivity index (χ3v) is 18.5. The van der Waals surface area contributed by atoms with Crippen molar-refractivity contribution in [3.05, 3.63) is 0 Å². The third kappa shape index (κ3) is 38.1. The molecule has 0 radical (unpaired) electrons. The second-order valence-corrected chi connectivity index (χ2v) is 25.8. The van der Waals surface area contributed by atoms with E-state index >= 15 is 0 Å². The predicted octanol–water partition coefficient (Wildman–Crippen LogP) is 12.0. The molecule has 0 spiro atoms. The first-order valence-corrected chi connectivity index (χ1v) is 31.7. The highest BCUT2D eigenvalue weighted by atomic mass is 33.1. The summed E-state index contributed by atoms with van der Waals surface area (Å²) < 4.78 is 44.8. The Balaban J connectivity index is 1.50. The van der Waals surface area contributed by atoms with Gasteiger partial charge in [0.15, 0.2) is 6.10 Å². The van der Waals surface area contributed by atoms with Crippen molar-refractivity contribution in [2.75, 3.05) is 72.2 Å². The Bertz CT molecular complexity index is 1320. The molecule has 0 N–H and O–H groups in total. The Labute approximate surface area is 415 Å². The first-order chi connectivity index (χ1) is 31.8. The normalized spacial score (nSPS) is 17.6. The maximum atomic E-state index is 12.8. The molecule has 0 bridgehead atoms. The number of quaternary nitrogens is 1. The number of rotatable bonds is 44. The smallest absolute Gasteiger partial charge is 0.306 e.